The maximum atomic E-state index is 10.8. The fourth-order valence-electron chi connectivity index (χ4n) is 1.53. The van der Waals surface area contributed by atoms with Crippen molar-refractivity contribution in [3.05, 3.63) is 28.8 Å². The molecule has 0 amide bonds. The third kappa shape index (κ3) is 3.36. The summed E-state index contributed by atoms with van der Waals surface area (Å²) >= 11 is 6.04. The number of rotatable bonds is 5. The Labute approximate surface area is 105 Å². The predicted molar refractivity (Wildman–Crippen MR) is 66.5 cm³/mol. The molecule has 17 heavy (non-hydrogen) atoms. The topological polar surface area (TPSA) is 64.3 Å². The Morgan fingerprint density at radius 1 is 1.59 bits per heavy atom. The van der Waals surface area contributed by atoms with Crippen molar-refractivity contribution in [2.24, 2.45) is 0 Å². The molecular weight excluding hydrogens is 240 g/mol. The van der Waals surface area contributed by atoms with Crippen molar-refractivity contribution in [3.8, 4) is 6.07 Å². The van der Waals surface area contributed by atoms with Crippen molar-refractivity contribution >= 4 is 23.3 Å². The van der Waals surface area contributed by atoms with Gasteiger partial charge in [0.2, 0.25) is 0 Å². The van der Waals surface area contributed by atoms with E-state index in [-0.39, 0.29) is 5.56 Å². The first-order valence-electron chi connectivity index (χ1n) is 5.25. The molecule has 0 aromatic heterocycles. The summed E-state index contributed by atoms with van der Waals surface area (Å²) in [5.74, 6) is -1.00. The van der Waals surface area contributed by atoms with Gasteiger partial charge in [0.15, 0.2) is 0 Å². The molecule has 1 N–H and O–H groups in total. The van der Waals surface area contributed by atoms with Gasteiger partial charge in [-0.1, -0.05) is 11.6 Å². The van der Waals surface area contributed by atoms with Crippen LogP contribution in [0.25, 0.3) is 0 Å². The first-order valence-corrected chi connectivity index (χ1v) is 5.62. The summed E-state index contributed by atoms with van der Waals surface area (Å²) < 4.78 is 0. The number of carboxylic acid groups (broad SMARTS) is 1. The Morgan fingerprint density at radius 3 is 2.76 bits per heavy atom. The smallest absolute Gasteiger partial charge is 0.335 e. The molecule has 0 heterocycles. The normalized spacial score (nSPS) is 9.71. The van der Waals surface area contributed by atoms with Gasteiger partial charge in [0.25, 0.3) is 0 Å². The summed E-state index contributed by atoms with van der Waals surface area (Å²) in [5, 5.41) is 17.8. The van der Waals surface area contributed by atoms with Crippen LogP contribution < -0.4 is 4.90 Å². The highest BCUT2D eigenvalue weighted by Gasteiger charge is 2.11. The zero-order valence-electron chi connectivity index (χ0n) is 9.48. The van der Waals surface area contributed by atoms with Crippen LogP contribution in [0.3, 0.4) is 0 Å². The minimum Gasteiger partial charge on any atom is -0.478 e. The van der Waals surface area contributed by atoms with Crippen molar-refractivity contribution < 1.29 is 9.90 Å². The van der Waals surface area contributed by atoms with Crippen LogP contribution in [0.15, 0.2) is 18.2 Å². The van der Waals surface area contributed by atoms with Crippen molar-refractivity contribution in [3.63, 3.8) is 0 Å². The van der Waals surface area contributed by atoms with Gasteiger partial charge in [-0.2, -0.15) is 5.26 Å². The third-order valence-electron chi connectivity index (χ3n) is 2.41. The first kappa shape index (κ1) is 13.3. The number of carbonyl (C=O) groups is 1. The summed E-state index contributed by atoms with van der Waals surface area (Å²) in [5.41, 5.74) is 0.921. The number of halogens is 1. The maximum absolute atomic E-state index is 10.8. The number of nitrogens with zero attached hydrogens (tertiary/aromatic N) is 2. The lowest BCUT2D eigenvalue weighted by molar-refractivity contribution is 0.0697. The number of hydrogen-bond acceptors (Lipinski definition) is 3. The van der Waals surface area contributed by atoms with E-state index in [9.17, 15) is 4.79 Å². The van der Waals surface area contributed by atoms with Crippen LogP contribution in [0.5, 0.6) is 0 Å². The van der Waals surface area contributed by atoms with E-state index in [1.165, 1.54) is 12.1 Å². The van der Waals surface area contributed by atoms with Crippen LogP contribution >= 0.6 is 11.6 Å². The first-order chi connectivity index (χ1) is 8.10. The molecule has 1 rings (SSSR count). The summed E-state index contributed by atoms with van der Waals surface area (Å²) in [6, 6.07) is 6.68. The molecule has 90 valence electrons. The Morgan fingerprint density at radius 2 is 2.29 bits per heavy atom. The lowest BCUT2D eigenvalue weighted by atomic mass is 10.2. The molecule has 4 nitrogen and oxygen atoms in total. The fraction of sp³-hybridized carbons (Fsp3) is 0.333. The third-order valence-corrected chi connectivity index (χ3v) is 2.71. The molecule has 0 fully saturated rings. The quantitative estimate of drug-likeness (QED) is 0.875. The highest BCUT2D eigenvalue weighted by atomic mass is 35.5. The number of benzene rings is 1. The molecule has 0 unspecified atom stereocenters. The molecule has 5 heteroatoms. The van der Waals surface area contributed by atoms with Gasteiger partial charge in [-0.15, -0.1) is 0 Å². The number of anilines is 1. The van der Waals surface area contributed by atoms with E-state index in [4.69, 9.17) is 22.0 Å². The van der Waals surface area contributed by atoms with Gasteiger partial charge < -0.3 is 10.0 Å². The Balaban J connectivity index is 2.97. The standard InChI is InChI=1S/C12H13ClN2O2/c1-2-15(7-3-6-14)11-5-4-9(12(16)17)8-10(11)13/h4-5,8H,2-3,7H2,1H3,(H,16,17). The second-order valence-corrected chi connectivity index (χ2v) is 3.87. The number of carboxylic acids is 1. The average Bonchev–Trinajstić information content (AvgIpc) is 2.31. The summed E-state index contributed by atoms with van der Waals surface area (Å²) in [6.07, 6.45) is 0.408. The SMILES string of the molecule is CCN(CCC#N)c1ccc(C(=O)O)cc1Cl. The lowest BCUT2D eigenvalue weighted by Gasteiger charge is -2.23. The average molecular weight is 253 g/mol. The van der Waals surface area contributed by atoms with Gasteiger partial charge in [0.1, 0.15) is 0 Å². The highest BCUT2D eigenvalue weighted by Crippen LogP contribution is 2.27. The fourth-order valence-corrected chi connectivity index (χ4v) is 1.83. The van der Waals surface area contributed by atoms with Gasteiger partial charge in [-0.3, -0.25) is 0 Å². The van der Waals surface area contributed by atoms with Crippen molar-refractivity contribution in [1.29, 1.82) is 5.26 Å². The monoisotopic (exact) mass is 252 g/mol. The molecule has 1 aromatic carbocycles. The molecule has 1 aromatic rings. The second kappa shape index (κ2) is 6.12. The number of hydrogen-bond donors (Lipinski definition) is 1. The maximum Gasteiger partial charge on any atom is 0.335 e. The molecule has 0 bridgehead atoms. The molecule has 0 saturated heterocycles. The van der Waals surface area contributed by atoms with Crippen LogP contribution in [0.2, 0.25) is 5.02 Å². The van der Waals surface area contributed by atoms with Crippen molar-refractivity contribution in [2.75, 3.05) is 18.0 Å². The molecule has 0 aliphatic carbocycles. The zero-order chi connectivity index (χ0) is 12.8. The molecule has 0 aliphatic heterocycles. The van der Waals surface area contributed by atoms with E-state index >= 15 is 0 Å². The lowest BCUT2D eigenvalue weighted by Crippen LogP contribution is -2.24. The van der Waals surface area contributed by atoms with Crippen molar-refractivity contribution in [2.45, 2.75) is 13.3 Å². The predicted octanol–water partition coefficient (Wildman–Crippen LogP) is 2.78. The molecule has 0 saturated carbocycles. The molecule has 0 radical (unpaired) electrons. The van der Waals surface area contributed by atoms with Crippen LogP contribution in [-0.4, -0.2) is 24.2 Å². The minimum absolute atomic E-state index is 0.162. The molecule has 0 spiro atoms. The van der Waals surface area contributed by atoms with Crippen LogP contribution in [-0.2, 0) is 0 Å². The second-order valence-electron chi connectivity index (χ2n) is 3.46. The Hall–Kier alpha value is -1.73. The van der Waals surface area contributed by atoms with Gasteiger partial charge in [0.05, 0.1) is 28.8 Å². The Bertz CT molecular complexity index is 454. The van der Waals surface area contributed by atoms with Crippen LogP contribution in [0.1, 0.15) is 23.7 Å². The van der Waals surface area contributed by atoms with E-state index in [1.54, 1.807) is 6.07 Å². The van der Waals surface area contributed by atoms with Crippen LogP contribution in [0.4, 0.5) is 5.69 Å². The van der Waals surface area contributed by atoms with E-state index < -0.39 is 5.97 Å². The molecule has 0 atom stereocenters. The molecular formula is C12H13ClN2O2. The van der Waals surface area contributed by atoms with Crippen molar-refractivity contribution in [1.82, 2.24) is 0 Å². The summed E-state index contributed by atoms with van der Waals surface area (Å²) in [4.78, 5) is 12.7. The number of aromatic carboxylic acids is 1. The van der Waals surface area contributed by atoms with Gasteiger partial charge in [0, 0.05) is 13.1 Å². The van der Waals surface area contributed by atoms with Crippen LogP contribution in [0, 0.1) is 11.3 Å². The minimum atomic E-state index is -1.00. The largest absolute Gasteiger partial charge is 0.478 e. The summed E-state index contributed by atoms with van der Waals surface area (Å²) in [6.45, 7) is 3.26. The van der Waals surface area contributed by atoms with Gasteiger partial charge in [-0.05, 0) is 25.1 Å². The van der Waals surface area contributed by atoms with E-state index in [0.717, 1.165) is 5.69 Å². The van der Waals surface area contributed by atoms with Gasteiger partial charge >= 0.3 is 5.97 Å². The molecule has 0 aliphatic rings. The highest BCUT2D eigenvalue weighted by molar-refractivity contribution is 6.33. The summed E-state index contributed by atoms with van der Waals surface area (Å²) in [7, 11) is 0. The van der Waals surface area contributed by atoms with E-state index in [1.807, 2.05) is 11.8 Å². The number of nitriles is 1. The Kier molecular flexibility index (Phi) is 4.80. The van der Waals surface area contributed by atoms with Gasteiger partial charge in [-0.25, -0.2) is 4.79 Å². The van der Waals surface area contributed by atoms with E-state index in [2.05, 4.69) is 6.07 Å². The zero-order valence-corrected chi connectivity index (χ0v) is 10.2. The van der Waals surface area contributed by atoms with E-state index in [0.29, 0.717) is 24.5 Å².